The van der Waals surface area contributed by atoms with E-state index in [9.17, 15) is 12.8 Å². The summed E-state index contributed by atoms with van der Waals surface area (Å²) in [6.07, 6.45) is 0. The quantitative estimate of drug-likeness (QED) is 0.849. The molecule has 0 aliphatic heterocycles. The van der Waals surface area contributed by atoms with Gasteiger partial charge in [0, 0.05) is 6.54 Å². The summed E-state index contributed by atoms with van der Waals surface area (Å²) < 4.78 is 39.8. The number of halogens is 1. The summed E-state index contributed by atoms with van der Waals surface area (Å²) in [7, 11) is -3.84. The highest BCUT2D eigenvalue weighted by atomic mass is 32.2. The molecule has 0 spiro atoms. The molecule has 0 aromatic heterocycles. The van der Waals surface area contributed by atoms with Gasteiger partial charge >= 0.3 is 0 Å². The van der Waals surface area contributed by atoms with Gasteiger partial charge in [0.1, 0.15) is 10.7 Å². The Bertz CT molecular complexity index is 730. The second-order valence-corrected chi connectivity index (χ2v) is 6.17. The second kappa shape index (κ2) is 5.60. The third-order valence-electron chi connectivity index (χ3n) is 2.98. The lowest BCUT2D eigenvalue weighted by atomic mass is 10.1. The van der Waals surface area contributed by atoms with Gasteiger partial charge in [0.15, 0.2) is 0 Å². The van der Waals surface area contributed by atoms with Gasteiger partial charge in [-0.15, -0.1) is 0 Å². The number of nitrogens with two attached hydrogens (primary N) is 1. The van der Waals surface area contributed by atoms with Crippen molar-refractivity contribution in [2.24, 2.45) is 0 Å². The highest BCUT2D eigenvalue weighted by Crippen LogP contribution is 2.19. The van der Waals surface area contributed by atoms with E-state index >= 15 is 0 Å². The van der Waals surface area contributed by atoms with E-state index in [1.54, 1.807) is 0 Å². The number of hydrogen-bond donors (Lipinski definition) is 2. The standard InChI is InChI=1S/C14H15FN2O2S/c1-10-4-2-3-5-11(10)9-17-20(18,19)14-8-12(15)6-7-13(14)16/h2-8,17H,9,16H2,1H3. The van der Waals surface area contributed by atoms with Gasteiger partial charge in [-0.3, -0.25) is 0 Å². The molecule has 2 aromatic carbocycles. The van der Waals surface area contributed by atoms with Crippen molar-refractivity contribution in [3.05, 3.63) is 59.4 Å². The van der Waals surface area contributed by atoms with Crippen molar-refractivity contribution < 1.29 is 12.8 Å². The number of sulfonamides is 1. The van der Waals surface area contributed by atoms with Crippen molar-refractivity contribution in [2.45, 2.75) is 18.4 Å². The van der Waals surface area contributed by atoms with E-state index in [-0.39, 0.29) is 17.1 Å². The fourth-order valence-corrected chi connectivity index (χ4v) is 2.95. The highest BCUT2D eigenvalue weighted by molar-refractivity contribution is 7.89. The molecular formula is C14H15FN2O2S. The number of hydrogen-bond acceptors (Lipinski definition) is 3. The summed E-state index contributed by atoms with van der Waals surface area (Å²) in [5.41, 5.74) is 7.43. The van der Waals surface area contributed by atoms with Crippen molar-refractivity contribution >= 4 is 15.7 Å². The summed E-state index contributed by atoms with van der Waals surface area (Å²) in [5, 5.41) is 0. The van der Waals surface area contributed by atoms with Crippen molar-refractivity contribution in [3.8, 4) is 0 Å². The molecule has 0 heterocycles. The molecule has 6 heteroatoms. The third-order valence-corrected chi connectivity index (χ3v) is 4.44. The van der Waals surface area contributed by atoms with Crippen LogP contribution in [0.15, 0.2) is 47.4 Å². The number of aryl methyl sites for hydroxylation is 1. The smallest absolute Gasteiger partial charge is 0.243 e. The van der Waals surface area contributed by atoms with Gasteiger partial charge in [0.25, 0.3) is 0 Å². The normalized spacial score (nSPS) is 11.5. The van der Waals surface area contributed by atoms with E-state index in [0.29, 0.717) is 0 Å². The molecular weight excluding hydrogens is 279 g/mol. The highest BCUT2D eigenvalue weighted by Gasteiger charge is 2.18. The Labute approximate surface area is 117 Å². The van der Waals surface area contributed by atoms with Crippen molar-refractivity contribution in [1.29, 1.82) is 0 Å². The maximum atomic E-state index is 13.2. The van der Waals surface area contributed by atoms with Crippen LogP contribution in [0.3, 0.4) is 0 Å². The molecule has 0 aliphatic carbocycles. The van der Waals surface area contributed by atoms with E-state index in [1.165, 1.54) is 6.07 Å². The first-order chi connectivity index (χ1) is 9.40. The molecule has 0 saturated heterocycles. The fraction of sp³-hybridized carbons (Fsp3) is 0.143. The van der Waals surface area contributed by atoms with E-state index in [1.807, 2.05) is 31.2 Å². The Morgan fingerprint density at radius 3 is 2.60 bits per heavy atom. The molecule has 0 atom stereocenters. The molecule has 0 radical (unpaired) electrons. The molecule has 3 N–H and O–H groups in total. The summed E-state index contributed by atoms with van der Waals surface area (Å²) in [6.45, 7) is 2.02. The van der Waals surface area contributed by atoms with Crippen molar-refractivity contribution in [2.75, 3.05) is 5.73 Å². The monoisotopic (exact) mass is 294 g/mol. The van der Waals surface area contributed by atoms with Crippen LogP contribution in [0.1, 0.15) is 11.1 Å². The lowest BCUT2D eigenvalue weighted by Crippen LogP contribution is -2.24. The molecule has 0 fully saturated rings. The molecule has 20 heavy (non-hydrogen) atoms. The van der Waals surface area contributed by atoms with E-state index in [4.69, 9.17) is 5.73 Å². The van der Waals surface area contributed by atoms with E-state index in [2.05, 4.69) is 4.72 Å². The largest absolute Gasteiger partial charge is 0.398 e. The predicted octanol–water partition coefficient (Wildman–Crippen LogP) is 2.19. The summed E-state index contributed by atoms with van der Waals surface area (Å²) in [5.74, 6) is -0.643. The minimum Gasteiger partial charge on any atom is -0.398 e. The maximum absolute atomic E-state index is 13.2. The van der Waals surface area contributed by atoms with Crippen LogP contribution in [0, 0.1) is 12.7 Å². The zero-order valence-corrected chi connectivity index (χ0v) is 11.7. The molecule has 0 unspecified atom stereocenters. The number of benzene rings is 2. The van der Waals surface area contributed by atoms with Gasteiger partial charge in [0.2, 0.25) is 10.0 Å². The first kappa shape index (κ1) is 14.5. The first-order valence-electron chi connectivity index (χ1n) is 5.99. The Hall–Kier alpha value is -1.92. The van der Waals surface area contributed by atoms with Gasteiger partial charge in [0.05, 0.1) is 5.69 Å². The Kier molecular flexibility index (Phi) is 4.06. The first-order valence-corrected chi connectivity index (χ1v) is 7.47. The van der Waals surface area contributed by atoms with Gasteiger partial charge < -0.3 is 5.73 Å². The van der Waals surface area contributed by atoms with Gasteiger partial charge in [-0.2, -0.15) is 0 Å². The number of nitrogens with one attached hydrogen (secondary N) is 1. The van der Waals surface area contributed by atoms with Gasteiger partial charge in [-0.25, -0.2) is 17.5 Å². The second-order valence-electron chi connectivity index (χ2n) is 4.43. The summed E-state index contributed by atoms with van der Waals surface area (Å²) >= 11 is 0. The lowest BCUT2D eigenvalue weighted by molar-refractivity contribution is 0.578. The van der Waals surface area contributed by atoms with Crippen LogP contribution in [0.25, 0.3) is 0 Å². The van der Waals surface area contributed by atoms with Crippen molar-refractivity contribution in [3.63, 3.8) is 0 Å². The molecule has 106 valence electrons. The summed E-state index contributed by atoms with van der Waals surface area (Å²) in [4.78, 5) is -0.244. The van der Waals surface area contributed by atoms with Crippen LogP contribution < -0.4 is 10.5 Å². The van der Waals surface area contributed by atoms with Crippen molar-refractivity contribution in [1.82, 2.24) is 4.72 Å². The Balaban J connectivity index is 2.24. The third kappa shape index (κ3) is 3.15. The number of rotatable bonds is 4. The van der Waals surface area contributed by atoms with Gasteiger partial charge in [-0.05, 0) is 36.2 Å². The number of anilines is 1. The Morgan fingerprint density at radius 2 is 1.90 bits per heavy atom. The predicted molar refractivity (Wildman–Crippen MR) is 76.0 cm³/mol. The zero-order chi connectivity index (χ0) is 14.8. The molecule has 0 saturated carbocycles. The minimum absolute atomic E-state index is 0.0173. The molecule has 2 aromatic rings. The molecule has 0 aliphatic rings. The van der Waals surface area contributed by atoms with E-state index in [0.717, 1.165) is 23.3 Å². The van der Waals surface area contributed by atoms with Crippen LogP contribution in [-0.2, 0) is 16.6 Å². The summed E-state index contributed by atoms with van der Waals surface area (Å²) in [6, 6.07) is 10.7. The van der Waals surface area contributed by atoms with Crippen LogP contribution in [0.2, 0.25) is 0 Å². The lowest BCUT2D eigenvalue weighted by Gasteiger charge is -2.10. The maximum Gasteiger partial charge on any atom is 0.243 e. The molecule has 0 bridgehead atoms. The topological polar surface area (TPSA) is 72.2 Å². The SMILES string of the molecule is Cc1ccccc1CNS(=O)(=O)c1cc(F)ccc1N. The van der Waals surface area contributed by atoms with Crippen LogP contribution in [0.4, 0.5) is 10.1 Å². The van der Waals surface area contributed by atoms with Gasteiger partial charge in [-0.1, -0.05) is 24.3 Å². The molecule has 2 rings (SSSR count). The fourth-order valence-electron chi connectivity index (χ4n) is 1.80. The Morgan fingerprint density at radius 1 is 1.20 bits per heavy atom. The molecule has 0 amide bonds. The van der Waals surface area contributed by atoms with Crippen LogP contribution in [-0.4, -0.2) is 8.42 Å². The van der Waals surface area contributed by atoms with E-state index < -0.39 is 15.8 Å². The van der Waals surface area contributed by atoms with Crippen LogP contribution in [0.5, 0.6) is 0 Å². The molecule has 4 nitrogen and oxygen atoms in total. The average molecular weight is 294 g/mol. The van der Waals surface area contributed by atoms with Crippen LogP contribution >= 0.6 is 0 Å². The minimum atomic E-state index is -3.84. The number of nitrogen functional groups attached to an aromatic ring is 1. The average Bonchev–Trinajstić information content (AvgIpc) is 2.40. The zero-order valence-electron chi connectivity index (χ0n) is 10.9.